The van der Waals surface area contributed by atoms with Crippen LogP contribution in [0.4, 0.5) is 0 Å². The van der Waals surface area contributed by atoms with Crippen LogP contribution in [-0.4, -0.2) is 20.2 Å². The second kappa shape index (κ2) is 4.56. The summed E-state index contributed by atoms with van der Waals surface area (Å²) in [5, 5.41) is 0. The van der Waals surface area contributed by atoms with Gasteiger partial charge in [0.05, 0.1) is 20.1 Å². The van der Waals surface area contributed by atoms with Gasteiger partial charge in [-0.1, -0.05) is 18.2 Å². The first kappa shape index (κ1) is 11.0. The van der Waals surface area contributed by atoms with Crippen molar-refractivity contribution in [3.05, 3.63) is 29.8 Å². The summed E-state index contributed by atoms with van der Waals surface area (Å²) >= 11 is 0. The minimum Gasteiger partial charge on any atom is -0.496 e. The van der Waals surface area contributed by atoms with Gasteiger partial charge < -0.3 is 9.47 Å². The smallest absolute Gasteiger partial charge is 0.309 e. The maximum absolute atomic E-state index is 11.5. The molecule has 3 nitrogen and oxygen atoms in total. The molecule has 2 rings (SSSR count). The van der Waals surface area contributed by atoms with Crippen molar-refractivity contribution in [2.45, 2.75) is 18.8 Å². The zero-order valence-corrected chi connectivity index (χ0v) is 9.60. The van der Waals surface area contributed by atoms with Crippen molar-refractivity contribution >= 4 is 5.97 Å². The van der Waals surface area contributed by atoms with E-state index >= 15 is 0 Å². The molecule has 2 atom stereocenters. The molecule has 16 heavy (non-hydrogen) atoms. The number of carbonyl (C=O) groups excluding carboxylic acids is 1. The lowest BCUT2D eigenvalue weighted by atomic mass is 9.70. The Bertz CT molecular complexity index is 387. The van der Waals surface area contributed by atoms with E-state index in [-0.39, 0.29) is 17.8 Å². The molecule has 0 N–H and O–H groups in total. The van der Waals surface area contributed by atoms with E-state index in [0.717, 1.165) is 24.2 Å². The third-order valence-corrected chi connectivity index (χ3v) is 3.32. The number of hydrogen-bond acceptors (Lipinski definition) is 3. The third kappa shape index (κ3) is 1.77. The van der Waals surface area contributed by atoms with E-state index in [0.29, 0.717) is 0 Å². The highest BCUT2D eigenvalue weighted by Crippen LogP contribution is 2.46. The number of hydrogen-bond donors (Lipinski definition) is 0. The van der Waals surface area contributed by atoms with Crippen LogP contribution in [0.25, 0.3) is 0 Å². The lowest BCUT2D eigenvalue weighted by molar-refractivity contribution is -0.149. The molecule has 1 aromatic rings. The van der Waals surface area contributed by atoms with Gasteiger partial charge in [0.1, 0.15) is 5.75 Å². The first-order valence-corrected chi connectivity index (χ1v) is 5.48. The molecule has 3 heteroatoms. The predicted octanol–water partition coefficient (Wildman–Crippen LogP) is 2.36. The van der Waals surface area contributed by atoms with Gasteiger partial charge in [0, 0.05) is 5.92 Å². The Morgan fingerprint density at radius 3 is 2.56 bits per heavy atom. The number of rotatable bonds is 3. The van der Waals surface area contributed by atoms with Crippen molar-refractivity contribution in [1.29, 1.82) is 0 Å². The summed E-state index contributed by atoms with van der Waals surface area (Å²) < 4.78 is 10.1. The highest BCUT2D eigenvalue weighted by molar-refractivity contribution is 5.75. The first-order chi connectivity index (χ1) is 7.77. The normalized spacial score (nSPS) is 23.4. The molecule has 0 spiro atoms. The van der Waals surface area contributed by atoms with Gasteiger partial charge in [0.2, 0.25) is 0 Å². The molecule has 0 unspecified atom stereocenters. The largest absolute Gasteiger partial charge is 0.496 e. The van der Waals surface area contributed by atoms with E-state index in [4.69, 9.17) is 9.47 Å². The zero-order chi connectivity index (χ0) is 11.5. The molecule has 1 aromatic carbocycles. The predicted molar refractivity (Wildman–Crippen MR) is 60.5 cm³/mol. The maximum Gasteiger partial charge on any atom is 0.309 e. The van der Waals surface area contributed by atoms with Crippen LogP contribution in [0, 0.1) is 5.92 Å². The SMILES string of the molecule is COC(=O)[C@@H]1CC[C@@H]1c1ccccc1OC. The number of para-hydroxylation sites is 1. The monoisotopic (exact) mass is 220 g/mol. The maximum atomic E-state index is 11.5. The molecule has 0 amide bonds. The van der Waals surface area contributed by atoms with Crippen molar-refractivity contribution < 1.29 is 14.3 Å². The van der Waals surface area contributed by atoms with Gasteiger partial charge in [0.25, 0.3) is 0 Å². The number of methoxy groups -OCH3 is 2. The Balaban J connectivity index is 2.21. The summed E-state index contributed by atoms with van der Waals surface area (Å²) in [5.74, 6) is 1.01. The Morgan fingerprint density at radius 1 is 1.25 bits per heavy atom. The van der Waals surface area contributed by atoms with Crippen LogP contribution in [0.5, 0.6) is 5.75 Å². The van der Waals surface area contributed by atoms with E-state index in [2.05, 4.69) is 0 Å². The third-order valence-electron chi connectivity index (χ3n) is 3.32. The van der Waals surface area contributed by atoms with Gasteiger partial charge in [-0.15, -0.1) is 0 Å². The van der Waals surface area contributed by atoms with E-state index < -0.39 is 0 Å². The Hall–Kier alpha value is -1.51. The molecule has 0 aliphatic heterocycles. The lowest BCUT2D eigenvalue weighted by Gasteiger charge is -2.35. The van der Waals surface area contributed by atoms with Crippen molar-refractivity contribution in [2.75, 3.05) is 14.2 Å². The molecule has 0 saturated heterocycles. The molecule has 86 valence electrons. The van der Waals surface area contributed by atoms with E-state index in [1.165, 1.54) is 7.11 Å². The molecule has 1 aliphatic carbocycles. The summed E-state index contributed by atoms with van der Waals surface area (Å²) in [4.78, 5) is 11.5. The summed E-state index contributed by atoms with van der Waals surface area (Å²) in [6.45, 7) is 0. The minimum atomic E-state index is -0.109. The molecule has 1 saturated carbocycles. The number of benzene rings is 1. The first-order valence-electron chi connectivity index (χ1n) is 5.48. The van der Waals surface area contributed by atoms with Gasteiger partial charge in [0.15, 0.2) is 0 Å². The average molecular weight is 220 g/mol. The molecule has 0 heterocycles. The van der Waals surface area contributed by atoms with E-state index in [1.54, 1.807) is 7.11 Å². The van der Waals surface area contributed by atoms with Crippen LogP contribution < -0.4 is 4.74 Å². The van der Waals surface area contributed by atoms with Gasteiger partial charge >= 0.3 is 5.97 Å². The van der Waals surface area contributed by atoms with Crippen molar-refractivity contribution in [2.24, 2.45) is 5.92 Å². The lowest BCUT2D eigenvalue weighted by Crippen LogP contribution is -2.32. The van der Waals surface area contributed by atoms with Crippen molar-refractivity contribution in [3.8, 4) is 5.75 Å². The number of ether oxygens (including phenoxy) is 2. The van der Waals surface area contributed by atoms with E-state index in [9.17, 15) is 4.79 Å². The van der Waals surface area contributed by atoms with Gasteiger partial charge in [-0.3, -0.25) is 4.79 Å². The van der Waals surface area contributed by atoms with Crippen molar-refractivity contribution in [3.63, 3.8) is 0 Å². The molecule has 0 aromatic heterocycles. The highest BCUT2D eigenvalue weighted by atomic mass is 16.5. The standard InChI is InChI=1S/C13H16O3/c1-15-12-6-4-3-5-10(12)9-7-8-11(9)13(14)16-2/h3-6,9,11H,7-8H2,1-2H3/t9-,11-/m1/s1. The molecule has 1 fully saturated rings. The van der Waals surface area contributed by atoms with Gasteiger partial charge in [-0.25, -0.2) is 0 Å². The number of carbonyl (C=O) groups is 1. The molecule has 0 radical (unpaired) electrons. The molecular weight excluding hydrogens is 204 g/mol. The average Bonchev–Trinajstić information content (AvgIpc) is 2.28. The fourth-order valence-electron chi connectivity index (χ4n) is 2.28. The van der Waals surface area contributed by atoms with E-state index in [1.807, 2.05) is 24.3 Å². The second-order valence-electron chi connectivity index (χ2n) is 4.06. The van der Waals surface area contributed by atoms with Crippen LogP contribution in [0.2, 0.25) is 0 Å². The van der Waals surface area contributed by atoms with Crippen LogP contribution in [-0.2, 0) is 9.53 Å². The minimum absolute atomic E-state index is 0.00120. The number of esters is 1. The molecule has 1 aliphatic rings. The Kier molecular flexibility index (Phi) is 3.13. The fraction of sp³-hybridized carbons (Fsp3) is 0.462. The fourth-order valence-corrected chi connectivity index (χ4v) is 2.28. The Morgan fingerprint density at radius 2 is 2.00 bits per heavy atom. The molecular formula is C13H16O3. The van der Waals surface area contributed by atoms with Crippen LogP contribution in [0.1, 0.15) is 24.3 Å². The van der Waals surface area contributed by atoms with Crippen LogP contribution in [0.15, 0.2) is 24.3 Å². The van der Waals surface area contributed by atoms with Crippen molar-refractivity contribution in [1.82, 2.24) is 0 Å². The summed E-state index contributed by atoms with van der Waals surface area (Å²) in [6.07, 6.45) is 1.94. The Labute approximate surface area is 95.4 Å². The highest BCUT2D eigenvalue weighted by Gasteiger charge is 2.39. The summed E-state index contributed by atoms with van der Waals surface area (Å²) in [5.41, 5.74) is 1.12. The topological polar surface area (TPSA) is 35.5 Å². The van der Waals surface area contributed by atoms with Crippen LogP contribution in [0.3, 0.4) is 0 Å². The molecule has 0 bridgehead atoms. The summed E-state index contributed by atoms with van der Waals surface area (Å²) in [7, 11) is 3.10. The van der Waals surface area contributed by atoms with Gasteiger partial charge in [-0.05, 0) is 24.5 Å². The summed E-state index contributed by atoms with van der Waals surface area (Å²) in [6, 6.07) is 7.87. The quantitative estimate of drug-likeness (QED) is 0.733. The second-order valence-corrected chi connectivity index (χ2v) is 4.06. The zero-order valence-electron chi connectivity index (χ0n) is 9.60. The van der Waals surface area contributed by atoms with Gasteiger partial charge in [-0.2, -0.15) is 0 Å². The van der Waals surface area contributed by atoms with Crippen LogP contribution >= 0.6 is 0 Å².